The van der Waals surface area contributed by atoms with Gasteiger partial charge in [0, 0.05) is 13.1 Å². The highest BCUT2D eigenvalue weighted by Gasteiger charge is 2.48. The second-order valence-corrected chi connectivity index (χ2v) is 6.64. The molecular weight excluding hydrogens is 274 g/mol. The van der Waals surface area contributed by atoms with Crippen LogP contribution in [-0.2, 0) is 11.2 Å². The van der Waals surface area contributed by atoms with Crippen LogP contribution in [0.1, 0.15) is 42.4 Å². The molecule has 20 heavy (non-hydrogen) atoms. The number of amides is 1. The Hall–Kier alpha value is -1.36. The van der Waals surface area contributed by atoms with Crippen LogP contribution in [0.3, 0.4) is 0 Å². The van der Waals surface area contributed by atoms with Crippen molar-refractivity contribution in [1.82, 2.24) is 4.90 Å². The minimum atomic E-state index is -0.792. The van der Waals surface area contributed by atoms with Crippen molar-refractivity contribution in [3.8, 4) is 0 Å². The van der Waals surface area contributed by atoms with Crippen LogP contribution in [0.25, 0.3) is 0 Å². The number of aryl methyl sites for hydroxylation is 1. The second-order valence-electron chi connectivity index (χ2n) is 5.72. The van der Waals surface area contributed by atoms with Crippen molar-refractivity contribution in [2.75, 3.05) is 13.1 Å². The molecule has 1 fully saturated rings. The first-order valence-electron chi connectivity index (χ1n) is 7.01. The van der Waals surface area contributed by atoms with Gasteiger partial charge in [-0.25, -0.2) is 0 Å². The Morgan fingerprint density at radius 1 is 1.50 bits per heavy atom. The molecule has 0 bridgehead atoms. The van der Waals surface area contributed by atoms with Crippen LogP contribution in [0.2, 0.25) is 0 Å². The molecule has 1 aromatic rings. The monoisotopic (exact) mass is 295 g/mol. The lowest BCUT2D eigenvalue weighted by Gasteiger charge is -2.28. The van der Waals surface area contributed by atoms with E-state index in [2.05, 4.69) is 0 Å². The van der Waals surface area contributed by atoms with E-state index >= 15 is 0 Å². The predicted molar refractivity (Wildman–Crippen MR) is 79.1 cm³/mol. The summed E-state index contributed by atoms with van der Waals surface area (Å²) in [4.78, 5) is 26.6. The second kappa shape index (κ2) is 5.56. The summed E-state index contributed by atoms with van der Waals surface area (Å²) in [6.45, 7) is 6.72. The van der Waals surface area contributed by atoms with Crippen molar-refractivity contribution in [3.63, 3.8) is 0 Å². The van der Waals surface area contributed by atoms with E-state index in [9.17, 15) is 14.7 Å². The third-order valence-electron chi connectivity index (χ3n) is 4.44. The number of rotatable bonds is 4. The fourth-order valence-electron chi connectivity index (χ4n) is 2.84. The number of aliphatic carboxylic acids is 1. The van der Waals surface area contributed by atoms with Crippen molar-refractivity contribution >= 4 is 23.2 Å². The van der Waals surface area contributed by atoms with Gasteiger partial charge in [-0.15, -0.1) is 11.3 Å². The van der Waals surface area contributed by atoms with Gasteiger partial charge in [-0.1, -0.05) is 20.8 Å². The fraction of sp³-hybridized carbons (Fsp3) is 0.600. The maximum absolute atomic E-state index is 12.6. The van der Waals surface area contributed by atoms with E-state index in [-0.39, 0.29) is 11.8 Å². The molecule has 1 aromatic heterocycles. The average Bonchev–Trinajstić information content (AvgIpc) is 3.05. The zero-order chi connectivity index (χ0) is 14.9. The highest BCUT2D eigenvalue weighted by molar-refractivity contribution is 7.12. The molecule has 0 aromatic carbocycles. The molecule has 110 valence electrons. The molecule has 0 saturated carbocycles. The lowest BCUT2D eigenvalue weighted by Crippen LogP contribution is -2.40. The number of likely N-dealkylation sites (tertiary alicyclic amines) is 1. The number of carboxylic acid groups (broad SMARTS) is 1. The van der Waals surface area contributed by atoms with E-state index in [1.165, 1.54) is 11.3 Å². The number of hydrogen-bond donors (Lipinski definition) is 1. The molecule has 1 aliphatic heterocycles. The number of thiophene rings is 1. The predicted octanol–water partition coefficient (Wildman–Crippen LogP) is 2.88. The summed E-state index contributed by atoms with van der Waals surface area (Å²) in [7, 11) is 0. The van der Waals surface area contributed by atoms with E-state index in [0.717, 1.165) is 16.9 Å². The molecule has 2 heterocycles. The van der Waals surface area contributed by atoms with E-state index in [1.54, 1.807) is 4.90 Å². The molecule has 2 rings (SSSR count). The van der Waals surface area contributed by atoms with Crippen molar-refractivity contribution < 1.29 is 14.7 Å². The Morgan fingerprint density at radius 3 is 2.70 bits per heavy atom. The van der Waals surface area contributed by atoms with Crippen molar-refractivity contribution in [2.24, 2.45) is 11.3 Å². The van der Waals surface area contributed by atoms with Crippen molar-refractivity contribution in [2.45, 2.75) is 33.6 Å². The van der Waals surface area contributed by atoms with Crippen molar-refractivity contribution in [1.29, 1.82) is 0 Å². The molecule has 1 saturated heterocycles. The molecule has 5 heteroatoms. The summed E-state index contributed by atoms with van der Waals surface area (Å²) >= 11 is 1.45. The fourth-order valence-corrected chi connectivity index (χ4v) is 3.81. The van der Waals surface area contributed by atoms with E-state index < -0.39 is 11.4 Å². The number of nitrogens with zero attached hydrogens (tertiary/aromatic N) is 1. The third-order valence-corrected chi connectivity index (χ3v) is 5.39. The Balaban J connectivity index is 2.21. The summed E-state index contributed by atoms with van der Waals surface area (Å²) in [5, 5.41) is 11.5. The first-order chi connectivity index (χ1) is 9.42. The highest BCUT2D eigenvalue weighted by atomic mass is 32.1. The Bertz CT molecular complexity index is 523. The van der Waals surface area contributed by atoms with Gasteiger partial charge in [-0.05, 0) is 35.8 Å². The van der Waals surface area contributed by atoms with E-state index in [4.69, 9.17) is 0 Å². The molecule has 1 amide bonds. The summed E-state index contributed by atoms with van der Waals surface area (Å²) < 4.78 is 0. The first-order valence-corrected chi connectivity index (χ1v) is 7.89. The Kier molecular flexibility index (Phi) is 4.18. The molecule has 0 spiro atoms. The van der Waals surface area contributed by atoms with Gasteiger partial charge in [0.15, 0.2) is 0 Å². The molecule has 0 radical (unpaired) electrons. The van der Waals surface area contributed by atoms with Gasteiger partial charge < -0.3 is 10.0 Å². The van der Waals surface area contributed by atoms with Crippen LogP contribution in [0.5, 0.6) is 0 Å². The standard InChI is InChI=1S/C15H21NO3S/c1-4-11-5-8-20-12(11)13(17)16-7-6-15(9-16,10(2)3)14(18)19/h5,8,10H,4,6-7,9H2,1-3H3,(H,18,19). The van der Waals surface area contributed by atoms with Gasteiger partial charge in [0.1, 0.15) is 0 Å². The topological polar surface area (TPSA) is 57.6 Å². The van der Waals surface area contributed by atoms with Crippen LogP contribution in [-0.4, -0.2) is 35.0 Å². The zero-order valence-corrected chi connectivity index (χ0v) is 13.0. The lowest BCUT2D eigenvalue weighted by molar-refractivity contribution is -0.150. The number of hydrogen-bond acceptors (Lipinski definition) is 3. The van der Waals surface area contributed by atoms with Crippen molar-refractivity contribution in [3.05, 3.63) is 21.9 Å². The summed E-state index contributed by atoms with van der Waals surface area (Å²) in [5.41, 5.74) is 0.261. The van der Waals surface area contributed by atoms with Crippen LogP contribution >= 0.6 is 11.3 Å². The van der Waals surface area contributed by atoms with Gasteiger partial charge in [0.05, 0.1) is 10.3 Å². The maximum atomic E-state index is 12.6. The SMILES string of the molecule is CCc1ccsc1C(=O)N1CCC(C(=O)O)(C(C)C)C1. The van der Waals surface area contributed by atoms with E-state index in [1.807, 2.05) is 32.2 Å². The molecule has 1 unspecified atom stereocenters. The number of carbonyl (C=O) groups is 2. The zero-order valence-electron chi connectivity index (χ0n) is 12.2. The van der Waals surface area contributed by atoms with Crippen LogP contribution < -0.4 is 0 Å². The van der Waals surface area contributed by atoms with Gasteiger partial charge in [-0.2, -0.15) is 0 Å². The normalized spacial score (nSPS) is 22.5. The third kappa shape index (κ3) is 2.35. The van der Waals surface area contributed by atoms with E-state index in [0.29, 0.717) is 19.5 Å². The summed E-state index contributed by atoms with van der Waals surface area (Å²) in [6.07, 6.45) is 1.37. The first kappa shape index (κ1) is 15.0. The minimum absolute atomic E-state index is 0.0133. The van der Waals surface area contributed by atoms with Crippen LogP contribution in [0.15, 0.2) is 11.4 Å². The van der Waals surface area contributed by atoms with Gasteiger partial charge in [0.2, 0.25) is 0 Å². The number of carbonyl (C=O) groups excluding carboxylic acids is 1. The minimum Gasteiger partial charge on any atom is -0.481 e. The maximum Gasteiger partial charge on any atom is 0.311 e. The molecule has 4 nitrogen and oxygen atoms in total. The largest absolute Gasteiger partial charge is 0.481 e. The van der Waals surface area contributed by atoms with Crippen LogP contribution in [0, 0.1) is 11.3 Å². The Labute approximate surface area is 123 Å². The van der Waals surface area contributed by atoms with Gasteiger partial charge in [-0.3, -0.25) is 9.59 Å². The quantitative estimate of drug-likeness (QED) is 0.929. The molecule has 1 N–H and O–H groups in total. The molecule has 0 aliphatic carbocycles. The Morgan fingerprint density at radius 2 is 2.20 bits per heavy atom. The molecule has 1 aliphatic rings. The highest BCUT2D eigenvalue weighted by Crippen LogP contribution is 2.39. The molecule has 1 atom stereocenters. The van der Waals surface area contributed by atoms with Gasteiger partial charge in [0.25, 0.3) is 5.91 Å². The molecular formula is C15H21NO3S. The summed E-state index contributed by atoms with van der Waals surface area (Å²) in [6, 6.07) is 1.97. The number of carboxylic acids is 1. The lowest BCUT2D eigenvalue weighted by atomic mass is 9.76. The summed E-state index contributed by atoms with van der Waals surface area (Å²) in [5.74, 6) is -0.780. The van der Waals surface area contributed by atoms with Crippen LogP contribution in [0.4, 0.5) is 0 Å². The smallest absolute Gasteiger partial charge is 0.311 e. The van der Waals surface area contributed by atoms with Gasteiger partial charge >= 0.3 is 5.97 Å². The average molecular weight is 295 g/mol.